The number of piperidine rings is 1. The van der Waals surface area contributed by atoms with Crippen LogP contribution in [0, 0.1) is 5.92 Å². The quantitative estimate of drug-likeness (QED) is 0.825. The molecule has 0 spiro atoms. The van der Waals surface area contributed by atoms with Crippen LogP contribution in [-0.2, 0) is 4.79 Å². The van der Waals surface area contributed by atoms with Crippen LogP contribution in [0.15, 0.2) is 24.3 Å². The average molecular weight is 363 g/mol. The van der Waals surface area contributed by atoms with Gasteiger partial charge in [-0.3, -0.25) is 9.59 Å². The Balaban J connectivity index is 1.59. The highest BCUT2D eigenvalue weighted by atomic mass is 35.5. The second-order valence-electron chi connectivity index (χ2n) is 7.27. The first-order valence-electron chi connectivity index (χ1n) is 9.49. The van der Waals surface area contributed by atoms with Crippen molar-refractivity contribution in [3.8, 4) is 0 Å². The molecule has 2 amide bonds. The van der Waals surface area contributed by atoms with Crippen LogP contribution in [0.4, 0.5) is 0 Å². The number of hydrogen-bond acceptors (Lipinski definition) is 2. The van der Waals surface area contributed by atoms with E-state index >= 15 is 0 Å². The van der Waals surface area contributed by atoms with Crippen molar-refractivity contribution < 1.29 is 9.59 Å². The maximum atomic E-state index is 12.7. The van der Waals surface area contributed by atoms with Crippen LogP contribution in [0.5, 0.6) is 0 Å². The molecule has 0 aromatic heterocycles. The highest BCUT2D eigenvalue weighted by molar-refractivity contribution is 6.33. The van der Waals surface area contributed by atoms with Crippen LogP contribution >= 0.6 is 11.6 Å². The molecule has 5 heteroatoms. The van der Waals surface area contributed by atoms with Crippen molar-refractivity contribution in [1.29, 1.82) is 0 Å². The molecule has 3 rings (SSSR count). The zero-order valence-electron chi connectivity index (χ0n) is 14.7. The third kappa shape index (κ3) is 4.75. The van der Waals surface area contributed by atoms with Gasteiger partial charge in [0.15, 0.2) is 0 Å². The van der Waals surface area contributed by atoms with Crippen LogP contribution < -0.4 is 5.32 Å². The fourth-order valence-corrected chi connectivity index (χ4v) is 4.14. The number of likely N-dealkylation sites (tertiary alicyclic amines) is 1. The Morgan fingerprint density at radius 2 is 1.72 bits per heavy atom. The number of nitrogens with zero attached hydrogens (tertiary/aromatic N) is 1. The van der Waals surface area contributed by atoms with Crippen molar-refractivity contribution in [1.82, 2.24) is 10.2 Å². The van der Waals surface area contributed by atoms with E-state index in [4.69, 9.17) is 11.6 Å². The van der Waals surface area contributed by atoms with Crippen molar-refractivity contribution in [3.05, 3.63) is 34.9 Å². The molecule has 136 valence electrons. The SMILES string of the molecule is O=C(NC1CCCCCC1)C1CCCN(C(=O)c2ccccc2Cl)C1. The van der Waals surface area contributed by atoms with E-state index in [9.17, 15) is 9.59 Å². The molecule has 2 aliphatic rings. The second kappa shape index (κ2) is 8.70. The van der Waals surface area contributed by atoms with Gasteiger partial charge in [-0.25, -0.2) is 0 Å². The summed E-state index contributed by atoms with van der Waals surface area (Å²) in [6, 6.07) is 7.43. The van der Waals surface area contributed by atoms with E-state index in [1.165, 1.54) is 25.7 Å². The smallest absolute Gasteiger partial charge is 0.255 e. The molecule has 1 aromatic rings. The van der Waals surface area contributed by atoms with E-state index in [2.05, 4.69) is 5.32 Å². The number of amides is 2. The molecular weight excluding hydrogens is 336 g/mol. The van der Waals surface area contributed by atoms with Crippen LogP contribution in [0.1, 0.15) is 61.7 Å². The van der Waals surface area contributed by atoms with Crippen molar-refractivity contribution in [2.45, 2.75) is 57.4 Å². The number of carbonyl (C=O) groups is 2. The summed E-state index contributed by atoms with van der Waals surface area (Å²) in [6.07, 6.45) is 8.83. The van der Waals surface area contributed by atoms with Gasteiger partial charge in [0.25, 0.3) is 5.91 Å². The lowest BCUT2D eigenvalue weighted by molar-refractivity contribution is -0.127. The van der Waals surface area contributed by atoms with Crippen LogP contribution in [0.3, 0.4) is 0 Å². The van der Waals surface area contributed by atoms with Gasteiger partial charge in [-0.15, -0.1) is 0 Å². The predicted octanol–water partition coefficient (Wildman–Crippen LogP) is 4.03. The minimum absolute atomic E-state index is 0.0717. The molecule has 1 saturated carbocycles. The lowest BCUT2D eigenvalue weighted by Crippen LogP contribution is -2.47. The van der Waals surface area contributed by atoms with E-state index in [0.717, 1.165) is 25.7 Å². The molecule has 1 aromatic carbocycles. The van der Waals surface area contributed by atoms with Gasteiger partial charge in [0.1, 0.15) is 0 Å². The second-order valence-corrected chi connectivity index (χ2v) is 7.67. The first-order chi connectivity index (χ1) is 12.1. The molecule has 0 radical (unpaired) electrons. The first kappa shape index (κ1) is 18.2. The van der Waals surface area contributed by atoms with Gasteiger partial charge in [-0.1, -0.05) is 49.4 Å². The van der Waals surface area contributed by atoms with Crippen molar-refractivity contribution in [2.24, 2.45) is 5.92 Å². The summed E-state index contributed by atoms with van der Waals surface area (Å²) >= 11 is 6.15. The summed E-state index contributed by atoms with van der Waals surface area (Å²) < 4.78 is 0. The predicted molar refractivity (Wildman–Crippen MR) is 99.7 cm³/mol. The maximum absolute atomic E-state index is 12.7. The van der Waals surface area contributed by atoms with E-state index in [-0.39, 0.29) is 17.7 Å². The summed E-state index contributed by atoms with van der Waals surface area (Å²) in [4.78, 5) is 27.2. The molecular formula is C20H27ClN2O2. The molecule has 2 fully saturated rings. The van der Waals surface area contributed by atoms with Crippen LogP contribution in [0.25, 0.3) is 0 Å². The lowest BCUT2D eigenvalue weighted by atomic mass is 9.95. The maximum Gasteiger partial charge on any atom is 0.255 e. The van der Waals surface area contributed by atoms with Gasteiger partial charge in [0.05, 0.1) is 16.5 Å². The normalized spacial score (nSPS) is 22.3. The zero-order valence-corrected chi connectivity index (χ0v) is 15.4. The molecule has 1 saturated heterocycles. The zero-order chi connectivity index (χ0) is 17.6. The molecule has 1 aliphatic carbocycles. The number of halogens is 1. The number of rotatable bonds is 3. The number of benzene rings is 1. The molecule has 1 aliphatic heterocycles. The van der Waals surface area contributed by atoms with Gasteiger partial charge < -0.3 is 10.2 Å². The Hall–Kier alpha value is -1.55. The Bertz CT molecular complexity index is 611. The molecule has 1 N–H and O–H groups in total. The Labute approximate surface area is 154 Å². The molecule has 1 atom stereocenters. The van der Waals surface area contributed by atoms with Gasteiger partial charge in [-0.2, -0.15) is 0 Å². The van der Waals surface area contributed by atoms with E-state index in [1.807, 2.05) is 12.1 Å². The number of nitrogens with one attached hydrogen (secondary N) is 1. The summed E-state index contributed by atoms with van der Waals surface area (Å²) in [5.74, 6) is -0.0652. The Morgan fingerprint density at radius 1 is 1.00 bits per heavy atom. The topological polar surface area (TPSA) is 49.4 Å². The fraction of sp³-hybridized carbons (Fsp3) is 0.600. The van der Waals surface area contributed by atoms with Crippen molar-refractivity contribution >= 4 is 23.4 Å². The number of hydrogen-bond donors (Lipinski definition) is 1. The van der Waals surface area contributed by atoms with Gasteiger partial charge >= 0.3 is 0 Å². The van der Waals surface area contributed by atoms with Gasteiger partial charge in [0.2, 0.25) is 5.91 Å². The van der Waals surface area contributed by atoms with Crippen molar-refractivity contribution in [2.75, 3.05) is 13.1 Å². The Morgan fingerprint density at radius 3 is 2.44 bits per heavy atom. The minimum atomic E-state index is -0.108. The third-order valence-corrected chi connectivity index (χ3v) is 5.71. The lowest BCUT2D eigenvalue weighted by Gasteiger charge is -2.33. The molecule has 0 bridgehead atoms. The first-order valence-corrected chi connectivity index (χ1v) is 9.87. The summed E-state index contributed by atoms with van der Waals surface area (Å²) in [5.41, 5.74) is 0.522. The van der Waals surface area contributed by atoms with Gasteiger partial charge in [-0.05, 0) is 37.8 Å². The Kier molecular flexibility index (Phi) is 6.35. The van der Waals surface area contributed by atoms with Crippen LogP contribution in [-0.4, -0.2) is 35.8 Å². The molecule has 4 nitrogen and oxygen atoms in total. The molecule has 1 unspecified atom stereocenters. The fourth-order valence-electron chi connectivity index (χ4n) is 3.92. The van der Waals surface area contributed by atoms with Crippen molar-refractivity contribution in [3.63, 3.8) is 0 Å². The number of carbonyl (C=O) groups excluding carboxylic acids is 2. The standard InChI is InChI=1S/C20H27ClN2O2/c21-18-12-6-5-11-17(18)20(25)23-13-7-8-15(14-23)19(24)22-16-9-3-1-2-4-10-16/h5-6,11-12,15-16H,1-4,7-10,13-14H2,(H,22,24). The summed E-state index contributed by atoms with van der Waals surface area (Å²) in [6.45, 7) is 1.18. The van der Waals surface area contributed by atoms with E-state index in [0.29, 0.717) is 29.7 Å². The highest BCUT2D eigenvalue weighted by Crippen LogP contribution is 2.23. The summed E-state index contributed by atoms with van der Waals surface area (Å²) in [7, 11) is 0. The monoisotopic (exact) mass is 362 g/mol. The van der Waals surface area contributed by atoms with Crippen LogP contribution in [0.2, 0.25) is 5.02 Å². The van der Waals surface area contributed by atoms with E-state index in [1.54, 1.807) is 17.0 Å². The largest absolute Gasteiger partial charge is 0.353 e. The van der Waals surface area contributed by atoms with Gasteiger partial charge in [0, 0.05) is 19.1 Å². The van der Waals surface area contributed by atoms with E-state index < -0.39 is 0 Å². The third-order valence-electron chi connectivity index (χ3n) is 5.39. The highest BCUT2D eigenvalue weighted by Gasteiger charge is 2.30. The summed E-state index contributed by atoms with van der Waals surface area (Å²) in [5, 5.41) is 3.71. The minimum Gasteiger partial charge on any atom is -0.353 e. The molecule has 1 heterocycles. The molecule has 25 heavy (non-hydrogen) atoms. The average Bonchev–Trinajstić information content (AvgIpc) is 2.90.